The van der Waals surface area contributed by atoms with Crippen molar-refractivity contribution in [3.8, 4) is 0 Å². The van der Waals surface area contributed by atoms with Crippen molar-refractivity contribution in [3.05, 3.63) is 131 Å². The van der Waals surface area contributed by atoms with Crippen molar-refractivity contribution in [1.82, 2.24) is 0 Å². The fraction of sp³-hybridized carbons (Fsp3) is 0.100. The first-order valence-corrected chi connectivity index (χ1v) is 11.4. The van der Waals surface area contributed by atoms with E-state index in [1.165, 1.54) is 0 Å². The number of fused-ring (bicyclic) bond motifs is 2. The van der Waals surface area contributed by atoms with Crippen LogP contribution >= 0.6 is 11.6 Å². The van der Waals surface area contributed by atoms with Crippen LogP contribution in [0.15, 0.2) is 109 Å². The Bertz CT molecular complexity index is 1350. The summed E-state index contributed by atoms with van der Waals surface area (Å²) >= 11 is 6.04. The molecule has 0 aromatic heterocycles. The van der Waals surface area contributed by atoms with Crippen LogP contribution in [-0.4, -0.2) is 5.97 Å². The van der Waals surface area contributed by atoms with Crippen molar-refractivity contribution >= 4 is 39.1 Å². The molecule has 0 bridgehead atoms. The molecule has 2 nitrogen and oxygen atoms in total. The Kier molecular flexibility index (Phi) is 5.85. The van der Waals surface area contributed by atoms with E-state index in [1.807, 2.05) is 55.5 Å². The highest BCUT2D eigenvalue weighted by atomic mass is 35.5. The molecule has 5 aromatic carbocycles. The summed E-state index contributed by atoms with van der Waals surface area (Å²) in [6.45, 7) is 1.87. The van der Waals surface area contributed by atoms with Gasteiger partial charge in [0.1, 0.15) is 0 Å². The van der Waals surface area contributed by atoms with Crippen molar-refractivity contribution in [2.45, 2.75) is 18.9 Å². The Balaban J connectivity index is 1.63. The highest BCUT2D eigenvalue weighted by Crippen LogP contribution is 2.37. The number of carbonyl (C=O) groups is 1. The minimum Gasteiger partial charge on any atom is -0.452 e. The van der Waals surface area contributed by atoms with E-state index in [4.69, 9.17) is 16.3 Å². The lowest BCUT2D eigenvalue weighted by Crippen LogP contribution is -2.18. The predicted octanol–water partition coefficient (Wildman–Crippen LogP) is 8.08. The van der Waals surface area contributed by atoms with Crippen LogP contribution < -0.4 is 0 Å². The van der Waals surface area contributed by atoms with E-state index in [0.29, 0.717) is 5.02 Å². The number of benzene rings is 5. The minimum atomic E-state index is -0.538. The van der Waals surface area contributed by atoms with Gasteiger partial charge in [0.15, 0.2) is 6.10 Å². The van der Waals surface area contributed by atoms with Crippen LogP contribution in [0, 0.1) is 0 Å². The van der Waals surface area contributed by atoms with Gasteiger partial charge in [0.2, 0.25) is 0 Å². The summed E-state index contributed by atoms with van der Waals surface area (Å²) in [6.07, 6.45) is -0.538. The molecule has 0 unspecified atom stereocenters. The van der Waals surface area contributed by atoms with Crippen LogP contribution in [0.2, 0.25) is 5.02 Å². The molecule has 0 spiro atoms. The molecule has 0 saturated carbocycles. The van der Waals surface area contributed by atoms with E-state index < -0.39 is 12.0 Å². The molecule has 0 amide bonds. The maximum atomic E-state index is 13.4. The SMILES string of the molecule is C[C@@H](C(=O)OC(c1cccc2ccccc12)c1cccc2ccccc12)c1ccc(Cl)cc1. The lowest BCUT2D eigenvalue weighted by Gasteiger charge is -2.24. The van der Waals surface area contributed by atoms with Gasteiger partial charge in [-0.1, -0.05) is 109 Å². The number of ether oxygens (including phenoxy) is 1. The fourth-order valence-electron chi connectivity index (χ4n) is 4.36. The van der Waals surface area contributed by atoms with Crippen molar-refractivity contribution in [3.63, 3.8) is 0 Å². The summed E-state index contributed by atoms with van der Waals surface area (Å²) in [4.78, 5) is 13.4. The standard InChI is InChI=1S/C30H23ClO2/c1-20(21-16-18-24(31)19-17-21)30(32)33-29(27-14-6-10-22-8-2-4-12-25(22)27)28-15-7-11-23-9-3-5-13-26(23)28/h2-20,29H,1H3/t20-/m1/s1. The van der Waals surface area contributed by atoms with Crippen molar-refractivity contribution in [2.24, 2.45) is 0 Å². The molecule has 0 aliphatic rings. The van der Waals surface area contributed by atoms with Gasteiger partial charge in [-0.3, -0.25) is 4.79 Å². The van der Waals surface area contributed by atoms with Crippen molar-refractivity contribution in [1.29, 1.82) is 0 Å². The van der Waals surface area contributed by atoms with E-state index in [9.17, 15) is 4.79 Å². The van der Waals surface area contributed by atoms with Gasteiger partial charge in [0, 0.05) is 16.1 Å². The highest BCUT2D eigenvalue weighted by molar-refractivity contribution is 6.30. The second-order valence-corrected chi connectivity index (χ2v) is 8.66. The Hall–Kier alpha value is -3.62. The normalized spacial score (nSPS) is 12.2. The van der Waals surface area contributed by atoms with Gasteiger partial charge in [0.05, 0.1) is 5.92 Å². The molecule has 1 atom stereocenters. The molecule has 0 saturated heterocycles. The summed E-state index contributed by atoms with van der Waals surface area (Å²) < 4.78 is 6.31. The third-order valence-electron chi connectivity index (χ3n) is 6.17. The first kappa shape index (κ1) is 21.2. The molecular formula is C30H23ClO2. The number of hydrogen-bond acceptors (Lipinski definition) is 2. The van der Waals surface area contributed by atoms with E-state index in [1.54, 1.807) is 12.1 Å². The van der Waals surface area contributed by atoms with Crippen LogP contribution in [0.4, 0.5) is 0 Å². The van der Waals surface area contributed by atoms with E-state index in [-0.39, 0.29) is 5.97 Å². The third-order valence-corrected chi connectivity index (χ3v) is 6.42. The van der Waals surface area contributed by atoms with E-state index >= 15 is 0 Å². The molecule has 0 radical (unpaired) electrons. The lowest BCUT2D eigenvalue weighted by molar-refractivity contribution is -0.148. The van der Waals surface area contributed by atoms with Crippen LogP contribution in [0.25, 0.3) is 21.5 Å². The molecule has 33 heavy (non-hydrogen) atoms. The van der Waals surface area contributed by atoms with Crippen LogP contribution in [0.5, 0.6) is 0 Å². The fourth-order valence-corrected chi connectivity index (χ4v) is 4.48. The van der Waals surface area contributed by atoms with Crippen molar-refractivity contribution in [2.75, 3.05) is 0 Å². The molecule has 0 N–H and O–H groups in total. The van der Waals surface area contributed by atoms with Crippen LogP contribution in [-0.2, 0) is 9.53 Å². The summed E-state index contributed by atoms with van der Waals surface area (Å²) in [6, 6.07) is 36.1. The quantitative estimate of drug-likeness (QED) is 0.253. The van der Waals surface area contributed by atoms with Gasteiger partial charge < -0.3 is 4.74 Å². The van der Waals surface area contributed by atoms with Crippen molar-refractivity contribution < 1.29 is 9.53 Å². The largest absolute Gasteiger partial charge is 0.452 e. The molecule has 0 aliphatic heterocycles. The van der Waals surface area contributed by atoms with Gasteiger partial charge in [-0.25, -0.2) is 0 Å². The number of halogens is 1. The third kappa shape index (κ3) is 4.22. The molecular weight excluding hydrogens is 428 g/mol. The molecule has 0 heterocycles. The first-order valence-electron chi connectivity index (χ1n) is 11.0. The van der Waals surface area contributed by atoms with Crippen LogP contribution in [0.3, 0.4) is 0 Å². The lowest BCUT2D eigenvalue weighted by atomic mass is 9.92. The average molecular weight is 451 g/mol. The second-order valence-electron chi connectivity index (χ2n) is 8.23. The van der Waals surface area contributed by atoms with E-state index in [0.717, 1.165) is 38.2 Å². The Morgan fingerprint density at radius 1 is 0.667 bits per heavy atom. The summed E-state index contributed by atoms with van der Waals surface area (Å²) in [7, 11) is 0. The smallest absolute Gasteiger partial charge is 0.314 e. The molecule has 3 heteroatoms. The summed E-state index contributed by atoms with van der Waals surface area (Å²) in [5.74, 6) is -0.696. The van der Waals surface area contributed by atoms with Crippen LogP contribution in [0.1, 0.15) is 35.6 Å². The van der Waals surface area contributed by atoms with Gasteiger partial charge in [-0.05, 0) is 46.2 Å². The zero-order chi connectivity index (χ0) is 22.8. The number of esters is 1. The topological polar surface area (TPSA) is 26.3 Å². The number of carbonyl (C=O) groups excluding carboxylic acids is 1. The second kappa shape index (κ2) is 9.09. The Morgan fingerprint density at radius 3 is 1.70 bits per heavy atom. The average Bonchev–Trinajstić information content (AvgIpc) is 2.86. The van der Waals surface area contributed by atoms with E-state index in [2.05, 4.69) is 48.5 Å². The number of rotatable bonds is 5. The first-order chi connectivity index (χ1) is 16.1. The Morgan fingerprint density at radius 2 is 1.15 bits per heavy atom. The van der Waals surface area contributed by atoms with Gasteiger partial charge in [-0.15, -0.1) is 0 Å². The van der Waals surface area contributed by atoms with Gasteiger partial charge >= 0.3 is 5.97 Å². The van der Waals surface area contributed by atoms with Gasteiger partial charge in [-0.2, -0.15) is 0 Å². The molecule has 5 rings (SSSR count). The highest BCUT2D eigenvalue weighted by Gasteiger charge is 2.26. The molecule has 0 fully saturated rings. The van der Waals surface area contributed by atoms with Gasteiger partial charge in [0.25, 0.3) is 0 Å². The Labute approximate surface area is 198 Å². The maximum absolute atomic E-state index is 13.4. The zero-order valence-corrected chi connectivity index (χ0v) is 19.0. The molecule has 0 aliphatic carbocycles. The summed E-state index contributed by atoms with van der Waals surface area (Å²) in [5, 5.41) is 5.02. The minimum absolute atomic E-state index is 0.275. The number of hydrogen-bond donors (Lipinski definition) is 0. The zero-order valence-electron chi connectivity index (χ0n) is 18.2. The maximum Gasteiger partial charge on any atom is 0.314 e. The molecule has 5 aromatic rings. The summed E-state index contributed by atoms with van der Waals surface area (Å²) in [5.41, 5.74) is 2.82. The monoisotopic (exact) mass is 450 g/mol. The molecule has 162 valence electrons. The predicted molar refractivity (Wildman–Crippen MR) is 136 cm³/mol.